The van der Waals surface area contributed by atoms with Gasteiger partial charge in [-0.2, -0.15) is 0 Å². The Labute approximate surface area is 77.1 Å². The number of rotatable bonds is 1. The minimum atomic E-state index is -0.556. The minimum absolute atomic E-state index is 0.148. The number of nitro groups is 1. The van der Waals surface area contributed by atoms with Crippen molar-refractivity contribution in [3.8, 4) is 0 Å². The van der Waals surface area contributed by atoms with Gasteiger partial charge in [0.1, 0.15) is 5.52 Å². The van der Waals surface area contributed by atoms with Crippen LogP contribution in [0.3, 0.4) is 0 Å². The quantitative estimate of drug-likeness (QED) is 0.521. The number of nitro benzene ring substituents is 1. The summed E-state index contributed by atoms with van der Waals surface area (Å²) in [5.41, 5.74) is 0.369. The van der Waals surface area contributed by atoms with Gasteiger partial charge in [-0.1, -0.05) is 11.6 Å². The first-order valence-corrected chi connectivity index (χ1v) is 3.73. The van der Waals surface area contributed by atoms with E-state index in [9.17, 15) is 10.1 Å². The lowest BCUT2D eigenvalue weighted by Crippen LogP contribution is -1.88. The van der Waals surface area contributed by atoms with E-state index in [4.69, 9.17) is 16.0 Å². The van der Waals surface area contributed by atoms with Gasteiger partial charge in [0.15, 0.2) is 6.39 Å². The molecule has 6 heteroatoms. The second kappa shape index (κ2) is 2.70. The van der Waals surface area contributed by atoms with Gasteiger partial charge in [0.25, 0.3) is 0 Å². The van der Waals surface area contributed by atoms with Crippen molar-refractivity contribution in [1.29, 1.82) is 0 Å². The summed E-state index contributed by atoms with van der Waals surface area (Å²) in [7, 11) is 0. The Hall–Kier alpha value is -1.62. The van der Waals surface area contributed by atoms with Crippen LogP contribution in [0.25, 0.3) is 11.1 Å². The number of fused-ring (bicyclic) bond motifs is 1. The second-order valence-corrected chi connectivity index (χ2v) is 2.82. The number of halogens is 1. The predicted molar refractivity (Wildman–Crippen MR) is 45.7 cm³/mol. The Bertz CT molecular complexity index is 480. The van der Waals surface area contributed by atoms with E-state index in [0.717, 1.165) is 6.39 Å². The molecule has 0 fully saturated rings. The van der Waals surface area contributed by atoms with Crippen molar-refractivity contribution < 1.29 is 9.34 Å². The molecule has 2 rings (SSSR count). The average molecular weight is 199 g/mol. The summed E-state index contributed by atoms with van der Waals surface area (Å²) in [6.07, 6.45) is 1.15. The molecule has 0 unspecified atom stereocenters. The summed E-state index contributed by atoms with van der Waals surface area (Å²) in [5, 5.41) is 10.8. The van der Waals surface area contributed by atoms with Gasteiger partial charge in [-0.05, 0) is 6.07 Å². The van der Waals surface area contributed by atoms with E-state index in [2.05, 4.69) is 4.98 Å². The molecule has 0 bridgehead atoms. The number of non-ortho nitro benzene ring substituents is 1. The molecule has 13 heavy (non-hydrogen) atoms. The Kier molecular flexibility index (Phi) is 1.66. The zero-order valence-corrected chi connectivity index (χ0v) is 6.99. The number of nitrogens with zero attached hydrogens (tertiary/aromatic N) is 2. The van der Waals surface area contributed by atoms with E-state index in [-0.39, 0.29) is 16.3 Å². The Balaban J connectivity index is 2.84. The molecule has 1 aromatic carbocycles. The SMILES string of the molecule is O=[N+]([O-])c1cc(Cl)cc2ncoc12. The van der Waals surface area contributed by atoms with Crippen LogP contribution in [0.5, 0.6) is 0 Å². The largest absolute Gasteiger partial charge is 0.436 e. The van der Waals surface area contributed by atoms with E-state index in [1.807, 2.05) is 0 Å². The molecule has 0 aliphatic heterocycles. The van der Waals surface area contributed by atoms with Gasteiger partial charge in [0.2, 0.25) is 5.58 Å². The minimum Gasteiger partial charge on any atom is -0.436 e. The average Bonchev–Trinajstić information content (AvgIpc) is 2.49. The lowest BCUT2D eigenvalue weighted by Gasteiger charge is -1.92. The van der Waals surface area contributed by atoms with Crippen LogP contribution in [0.1, 0.15) is 0 Å². The molecule has 0 amide bonds. The van der Waals surface area contributed by atoms with Crippen LogP contribution in [-0.2, 0) is 0 Å². The number of hydrogen-bond donors (Lipinski definition) is 0. The highest BCUT2D eigenvalue weighted by Gasteiger charge is 2.16. The summed E-state index contributed by atoms with van der Waals surface area (Å²) >= 11 is 5.64. The highest BCUT2D eigenvalue weighted by Crippen LogP contribution is 2.28. The molecule has 0 saturated carbocycles. The zero-order chi connectivity index (χ0) is 9.42. The fourth-order valence-corrected chi connectivity index (χ4v) is 1.26. The first kappa shape index (κ1) is 8.00. The third kappa shape index (κ3) is 1.23. The van der Waals surface area contributed by atoms with Gasteiger partial charge in [-0.25, -0.2) is 4.98 Å². The third-order valence-electron chi connectivity index (χ3n) is 1.57. The van der Waals surface area contributed by atoms with Crippen LogP contribution in [-0.4, -0.2) is 9.91 Å². The molecule has 0 spiro atoms. The van der Waals surface area contributed by atoms with Crippen LogP contribution in [0, 0.1) is 10.1 Å². The number of oxazole rings is 1. The molecular weight excluding hydrogens is 196 g/mol. The van der Waals surface area contributed by atoms with Crippen LogP contribution in [0.2, 0.25) is 5.02 Å². The smallest absolute Gasteiger partial charge is 0.315 e. The van der Waals surface area contributed by atoms with Gasteiger partial charge in [0, 0.05) is 11.1 Å². The molecule has 5 nitrogen and oxygen atoms in total. The highest BCUT2D eigenvalue weighted by atomic mass is 35.5. The second-order valence-electron chi connectivity index (χ2n) is 2.38. The van der Waals surface area contributed by atoms with Crippen LogP contribution in [0.15, 0.2) is 22.9 Å². The maximum Gasteiger partial charge on any atom is 0.315 e. The summed E-state index contributed by atoms with van der Waals surface area (Å²) < 4.78 is 4.85. The van der Waals surface area contributed by atoms with Crippen molar-refractivity contribution in [2.24, 2.45) is 0 Å². The normalized spacial score (nSPS) is 10.5. The van der Waals surface area contributed by atoms with Crippen molar-refractivity contribution >= 4 is 28.4 Å². The first-order valence-electron chi connectivity index (χ1n) is 3.35. The predicted octanol–water partition coefficient (Wildman–Crippen LogP) is 2.39. The van der Waals surface area contributed by atoms with E-state index in [0.29, 0.717) is 5.52 Å². The fraction of sp³-hybridized carbons (Fsp3) is 0. The Morgan fingerprint density at radius 3 is 3.00 bits per heavy atom. The lowest BCUT2D eigenvalue weighted by molar-refractivity contribution is -0.383. The first-order chi connectivity index (χ1) is 6.18. The van der Waals surface area contributed by atoms with Gasteiger partial charge in [-0.3, -0.25) is 10.1 Å². The number of aromatic nitrogens is 1. The molecule has 0 N–H and O–H groups in total. The Morgan fingerprint density at radius 1 is 1.54 bits per heavy atom. The van der Waals surface area contributed by atoms with Crippen molar-refractivity contribution in [2.75, 3.05) is 0 Å². The number of hydrogen-bond acceptors (Lipinski definition) is 4. The summed E-state index contributed by atoms with van der Waals surface area (Å²) in [6, 6.07) is 2.74. The lowest BCUT2D eigenvalue weighted by atomic mass is 10.3. The van der Waals surface area contributed by atoms with Crippen molar-refractivity contribution in [1.82, 2.24) is 4.98 Å². The van der Waals surface area contributed by atoms with E-state index < -0.39 is 4.92 Å². The highest BCUT2D eigenvalue weighted by molar-refractivity contribution is 6.31. The van der Waals surface area contributed by atoms with Gasteiger partial charge >= 0.3 is 5.69 Å². The molecule has 1 heterocycles. The van der Waals surface area contributed by atoms with Crippen molar-refractivity contribution in [3.63, 3.8) is 0 Å². The van der Waals surface area contributed by atoms with E-state index in [1.165, 1.54) is 12.1 Å². The van der Waals surface area contributed by atoms with Crippen LogP contribution in [0.4, 0.5) is 5.69 Å². The summed E-state index contributed by atoms with van der Waals surface area (Å²) in [4.78, 5) is 13.7. The maximum absolute atomic E-state index is 10.5. The monoisotopic (exact) mass is 198 g/mol. The van der Waals surface area contributed by atoms with Crippen molar-refractivity contribution in [3.05, 3.63) is 33.7 Å². The Morgan fingerprint density at radius 2 is 2.31 bits per heavy atom. The molecule has 0 aliphatic rings. The standard InChI is InChI=1S/C7H3ClN2O3/c8-4-1-5-7(13-3-9-5)6(2-4)10(11)12/h1-3H. The van der Waals surface area contributed by atoms with Gasteiger partial charge < -0.3 is 4.42 Å². The van der Waals surface area contributed by atoms with E-state index >= 15 is 0 Å². The summed E-state index contributed by atoms with van der Waals surface area (Å²) in [6.45, 7) is 0. The van der Waals surface area contributed by atoms with Gasteiger partial charge in [-0.15, -0.1) is 0 Å². The fourth-order valence-electron chi connectivity index (χ4n) is 1.05. The topological polar surface area (TPSA) is 69.2 Å². The van der Waals surface area contributed by atoms with E-state index in [1.54, 1.807) is 0 Å². The maximum atomic E-state index is 10.5. The zero-order valence-electron chi connectivity index (χ0n) is 6.23. The number of benzene rings is 1. The van der Waals surface area contributed by atoms with Crippen molar-refractivity contribution in [2.45, 2.75) is 0 Å². The molecule has 1 aromatic heterocycles. The molecule has 0 radical (unpaired) electrons. The van der Waals surface area contributed by atoms with Gasteiger partial charge in [0.05, 0.1) is 4.92 Å². The van der Waals surface area contributed by atoms with Crippen LogP contribution < -0.4 is 0 Å². The molecular formula is C7H3ClN2O3. The molecule has 0 atom stereocenters. The third-order valence-corrected chi connectivity index (χ3v) is 1.79. The van der Waals surface area contributed by atoms with Crippen LogP contribution >= 0.6 is 11.6 Å². The molecule has 0 aliphatic carbocycles. The molecule has 2 aromatic rings. The molecule has 66 valence electrons. The molecule has 0 saturated heterocycles. The summed E-state index contributed by atoms with van der Waals surface area (Å²) in [5.74, 6) is 0.